The summed E-state index contributed by atoms with van der Waals surface area (Å²) in [6, 6.07) is 10.1. The van der Waals surface area contributed by atoms with Crippen molar-refractivity contribution in [1.29, 1.82) is 0 Å². The molecule has 0 saturated carbocycles. The van der Waals surface area contributed by atoms with E-state index in [0.717, 1.165) is 31.2 Å². The predicted octanol–water partition coefficient (Wildman–Crippen LogP) is 3.25. The van der Waals surface area contributed by atoms with Crippen molar-refractivity contribution in [2.75, 3.05) is 13.2 Å². The molecule has 0 bridgehead atoms. The van der Waals surface area contributed by atoms with Gasteiger partial charge in [0.1, 0.15) is 0 Å². The van der Waals surface area contributed by atoms with Gasteiger partial charge in [0.25, 0.3) is 0 Å². The van der Waals surface area contributed by atoms with E-state index in [-0.39, 0.29) is 30.0 Å². The van der Waals surface area contributed by atoms with Gasteiger partial charge in [0.2, 0.25) is 5.91 Å². The van der Waals surface area contributed by atoms with Crippen LogP contribution in [0, 0.1) is 5.92 Å². The lowest BCUT2D eigenvalue weighted by molar-refractivity contribution is -0.130. The van der Waals surface area contributed by atoms with Gasteiger partial charge in [0, 0.05) is 25.0 Å². The van der Waals surface area contributed by atoms with Gasteiger partial charge < -0.3 is 15.2 Å². The van der Waals surface area contributed by atoms with Gasteiger partial charge >= 0.3 is 0 Å². The Bertz CT molecular complexity index is 487. The van der Waals surface area contributed by atoms with Crippen molar-refractivity contribution in [3.05, 3.63) is 35.9 Å². The molecule has 1 aromatic carbocycles. The zero-order valence-electron chi connectivity index (χ0n) is 14.9. The Balaban J connectivity index is 1.89. The molecule has 1 heterocycles. The minimum absolute atomic E-state index is 0.0540. The number of benzene rings is 1. The summed E-state index contributed by atoms with van der Waals surface area (Å²) in [5.74, 6) is 0.325. The fraction of sp³-hybridized carbons (Fsp3) is 0.650. The van der Waals surface area contributed by atoms with Crippen LogP contribution in [0.3, 0.4) is 0 Å². The number of hydrogen-bond donors (Lipinski definition) is 2. The highest BCUT2D eigenvalue weighted by Gasteiger charge is 2.27. The third-order valence-corrected chi connectivity index (χ3v) is 4.77. The van der Waals surface area contributed by atoms with Crippen LogP contribution in [0.1, 0.15) is 57.4 Å². The third kappa shape index (κ3) is 5.91. The van der Waals surface area contributed by atoms with E-state index in [1.54, 1.807) is 6.92 Å². The number of hydrogen-bond acceptors (Lipinski definition) is 3. The van der Waals surface area contributed by atoms with E-state index in [9.17, 15) is 9.90 Å². The second-order valence-corrected chi connectivity index (χ2v) is 6.94. The molecule has 4 nitrogen and oxygen atoms in total. The Morgan fingerprint density at radius 1 is 1.38 bits per heavy atom. The van der Waals surface area contributed by atoms with Crippen LogP contribution < -0.4 is 5.32 Å². The van der Waals surface area contributed by atoms with Crippen LogP contribution in [0.25, 0.3) is 0 Å². The molecule has 4 atom stereocenters. The van der Waals surface area contributed by atoms with Gasteiger partial charge in [-0.15, -0.1) is 0 Å². The van der Waals surface area contributed by atoms with Gasteiger partial charge in [-0.2, -0.15) is 0 Å². The second-order valence-electron chi connectivity index (χ2n) is 6.94. The average molecular weight is 333 g/mol. The number of nitrogens with one attached hydrogen (secondary N) is 1. The Morgan fingerprint density at radius 2 is 2.12 bits per heavy atom. The van der Waals surface area contributed by atoms with Crippen LogP contribution in [0.2, 0.25) is 0 Å². The van der Waals surface area contributed by atoms with Gasteiger partial charge in [-0.05, 0) is 38.2 Å². The zero-order valence-corrected chi connectivity index (χ0v) is 14.9. The SMILES string of the molecule is CCCC1CC(C(=O)NCC(CC(C)O)c2ccccc2)CCO1. The van der Waals surface area contributed by atoms with Crippen molar-refractivity contribution in [3.8, 4) is 0 Å². The Hall–Kier alpha value is -1.39. The van der Waals surface area contributed by atoms with Gasteiger partial charge in [-0.1, -0.05) is 43.7 Å². The van der Waals surface area contributed by atoms with E-state index in [1.807, 2.05) is 18.2 Å². The lowest BCUT2D eigenvalue weighted by Gasteiger charge is -2.29. The maximum atomic E-state index is 12.5. The number of aliphatic hydroxyl groups excluding tert-OH is 1. The first-order valence-electron chi connectivity index (χ1n) is 9.22. The van der Waals surface area contributed by atoms with Gasteiger partial charge in [0.05, 0.1) is 12.2 Å². The number of amides is 1. The first kappa shape index (κ1) is 18.9. The van der Waals surface area contributed by atoms with Crippen molar-refractivity contribution in [3.63, 3.8) is 0 Å². The normalized spacial score (nSPS) is 23.5. The van der Waals surface area contributed by atoms with Crippen LogP contribution in [0.15, 0.2) is 30.3 Å². The molecule has 0 spiro atoms. The maximum Gasteiger partial charge on any atom is 0.223 e. The smallest absolute Gasteiger partial charge is 0.223 e. The molecule has 4 unspecified atom stereocenters. The molecule has 1 fully saturated rings. The van der Waals surface area contributed by atoms with E-state index in [1.165, 1.54) is 0 Å². The predicted molar refractivity (Wildman–Crippen MR) is 95.9 cm³/mol. The third-order valence-electron chi connectivity index (χ3n) is 4.77. The molecule has 0 aliphatic carbocycles. The van der Waals surface area contributed by atoms with Crippen LogP contribution in [-0.2, 0) is 9.53 Å². The molecular formula is C20H31NO3. The summed E-state index contributed by atoms with van der Waals surface area (Å²) in [5, 5.41) is 12.9. The monoisotopic (exact) mass is 333 g/mol. The summed E-state index contributed by atoms with van der Waals surface area (Å²) in [7, 11) is 0. The topological polar surface area (TPSA) is 58.6 Å². The molecule has 1 aromatic rings. The summed E-state index contributed by atoms with van der Waals surface area (Å²) in [6.07, 6.45) is 4.23. The molecule has 4 heteroatoms. The average Bonchev–Trinajstić information content (AvgIpc) is 2.59. The highest BCUT2D eigenvalue weighted by molar-refractivity contribution is 5.78. The molecule has 0 aromatic heterocycles. The summed E-state index contributed by atoms with van der Waals surface area (Å²) < 4.78 is 5.73. The summed E-state index contributed by atoms with van der Waals surface area (Å²) >= 11 is 0. The quantitative estimate of drug-likeness (QED) is 0.768. The first-order chi connectivity index (χ1) is 11.6. The fourth-order valence-electron chi connectivity index (χ4n) is 3.48. The Morgan fingerprint density at radius 3 is 2.79 bits per heavy atom. The van der Waals surface area contributed by atoms with E-state index in [4.69, 9.17) is 4.74 Å². The van der Waals surface area contributed by atoms with Crippen molar-refractivity contribution in [1.82, 2.24) is 5.32 Å². The van der Waals surface area contributed by atoms with Crippen LogP contribution in [0.4, 0.5) is 0 Å². The maximum absolute atomic E-state index is 12.5. The number of carbonyl (C=O) groups excluding carboxylic acids is 1. The van der Waals surface area contributed by atoms with Gasteiger partial charge in [0.15, 0.2) is 0 Å². The molecule has 0 radical (unpaired) electrons. The van der Waals surface area contributed by atoms with Gasteiger partial charge in [-0.25, -0.2) is 0 Å². The lowest BCUT2D eigenvalue weighted by atomic mass is 9.91. The second kappa shape index (κ2) is 9.80. The van der Waals surface area contributed by atoms with Crippen molar-refractivity contribution >= 4 is 5.91 Å². The fourth-order valence-corrected chi connectivity index (χ4v) is 3.48. The van der Waals surface area contributed by atoms with E-state index < -0.39 is 0 Å². The molecule has 134 valence electrons. The largest absolute Gasteiger partial charge is 0.393 e. The molecule has 1 aliphatic heterocycles. The highest BCUT2D eigenvalue weighted by atomic mass is 16.5. The number of rotatable bonds is 8. The van der Waals surface area contributed by atoms with Crippen LogP contribution in [0.5, 0.6) is 0 Å². The van der Waals surface area contributed by atoms with E-state index in [0.29, 0.717) is 19.6 Å². The number of carbonyl (C=O) groups is 1. The van der Waals surface area contributed by atoms with Crippen molar-refractivity contribution in [2.45, 2.75) is 64.1 Å². The van der Waals surface area contributed by atoms with E-state index >= 15 is 0 Å². The van der Waals surface area contributed by atoms with Crippen molar-refractivity contribution < 1.29 is 14.6 Å². The highest BCUT2D eigenvalue weighted by Crippen LogP contribution is 2.24. The Kier molecular flexibility index (Phi) is 7.73. The Labute approximate surface area is 145 Å². The standard InChI is InChI=1S/C20H31NO3/c1-3-7-19-13-17(10-11-24-19)20(23)21-14-18(12-15(2)22)16-8-5-4-6-9-16/h4-6,8-9,15,17-19,22H,3,7,10-14H2,1-2H3,(H,21,23). The number of ether oxygens (including phenoxy) is 1. The molecule has 1 saturated heterocycles. The first-order valence-corrected chi connectivity index (χ1v) is 9.22. The van der Waals surface area contributed by atoms with E-state index in [2.05, 4.69) is 24.4 Å². The van der Waals surface area contributed by atoms with Crippen LogP contribution >= 0.6 is 0 Å². The van der Waals surface area contributed by atoms with Gasteiger partial charge in [-0.3, -0.25) is 4.79 Å². The zero-order chi connectivity index (χ0) is 17.4. The minimum Gasteiger partial charge on any atom is -0.393 e. The molecule has 2 N–H and O–H groups in total. The number of aliphatic hydroxyl groups is 1. The molecule has 24 heavy (non-hydrogen) atoms. The van der Waals surface area contributed by atoms with Crippen LogP contribution in [-0.4, -0.2) is 36.4 Å². The lowest BCUT2D eigenvalue weighted by Crippen LogP contribution is -2.39. The molecule has 1 aliphatic rings. The summed E-state index contributed by atoms with van der Waals surface area (Å²) in [5.41, 5.74) is 1.16. The summed E-state index contributed by atoms with van der Waals surface area (Å²) in [6.45, 7) is 5.20. The molecule has 2 rings (SSSR count). The van der Waals surface area contributed by atoms with Crippen molar-refractivity contribution in [2.24, 2.45) is 5.92 Å². The molecule has 1 amide bonds. The summed E-state index contributed by atoms with van der Waals surface area (Å²) in [4.78, 5) is 12.5. The molecular weight excluding hydrogens is 302 g/mol. The minimum atomic E-state index is -0.385.